The molecule has 1 aliphatic heterocycles. The number of hydrogen-bond donors (Lipinski definition) is 1. The van der Waals surface area contributed by atoms with Crippen LogP contribution in [-0.2, 0) is 0 Å². The van der Waals surface area contributed by atoms with Crippen LogP contribution < -0.4 is 9.47 Å². The molecule has 0 saturated heterocycles. The molecule has 2 aromatic carbocycles. The van der Waals surface area contributed by atoms with E-state index in [9.17, 15) is 4.39 Å². The highest BCUT2D eigenvalue weighted by Gasteiger charge is 2.16. The zero-order valence-electron chi connectivity index (χ0n) is 11.4. The summed E-state index contributed by atoms with van der Waals surface area (Å²) < 4.78 is 24.3. The van der Waals surface area contributed by atoms with E-state index in [4.69, 9.17) is 9.47 Å². The number of aromatic amines is 1. The number of rotatable bonds is 1. The van der Waals surface area contributed by atoms with Gasteiger partial charge in [0, 0.05) is 17.7 Å². The molecule has 0 unspecified atom stereocenters. The second-order valence-electron chi connectivity index (χ2n) is 5.06. The quantitative estimate of drug-likeness (QED) is 0.744. The van der Waals surface area contributed by atoms with E-state index in [1.54, 1.807) is 6.07 Å². The van der Waals surface area contributed by atoms with Gasteiger partial charge in [0.05, 0.1) is 11.0 Å². The van der Waals surface area contributed by atoms with Crippen molar-refractivity contribution in [1.82, 2.24) is 9.97 Å². The van der Waals surface area contributed by atoms with Crippen LogP contribution in [0, 0.1) is 12.7 Å². The van der Waals surface area contributed by atoms with E-state index in [0.717, 1.165) is 27.9 Å². The monoisotopic (exact) mass is 284 g/mol. The lowest BCUT2D eigenvalue weighted by atomic mass is 10.1. The van der Waals surface area contributed by atoms with Gasteiger partial charge < -0.3 is 14.5 Å². The first-order valence-electron chi connectivity index (χ1n) is 6.76. The summed E-state index contributed by atoms with van der Waals surface area (Å²) in [5.41, 5.74) is 3.40. The fourth-order valence-electron chi connectivity index (χ4n) is 2.57. The van der Waals surface area contributed by atoms with Crippen LogP contribution in [0.3, 0.4) is 0 Å². The summed E-state index contributed by atoms with van der Waals surface area (Å²) in [5.74, 6) is 1.90. The molecule has 21 heavy (non-hydrogen) atoms. The fraction of sp³-hybridized carbons (Fsp3) is 0.188. The second-order valence-corrected chi connectivity index (χ2v) is 5.06. The van der Waals surface area contributed by atoms with Crippen molar-refractivity contribution in [2.75, 3.05) is 13.2 Å². The summed E-state index contributed by atoms with van der Waals surface area (Å²) in [4.78, 5) is 7.82. The van der Waals surface area contributed by atoms with Crippen molar-refractivity contribution in [3.05, 3.63) is 41.7 Å². The summed E-state index contributed by atoms with van der Waals surface area (Å²) >= 11 is 0. The van der Waals surface area contributed by atoms with Crippen LogP contribution >= 0.6 is 0 Å². The van der Waals surface area contributed by atoms with Gasteiger partial charge in [-0.25, -0.2) is 9.37 Å². The predicted molar refractivity (Wildman–Crippen MR) is 77.2 cm³/mol. The summed E-state index contributed by atoms with van der Waals surface area (Å²) in [6.45, 7) is 2.96. The number of aromatic nitrogens is 2. The molecule has 4 rings (SSSR count). The van der Waals surface area contributed by atoms with E-state index in [1.165, 1.54) is 12.1 Å². The zero-order chi connectivity index (χ0) is 14.4. The molecule has 1 aliphatic rings. The van der Waals surface area contributed by atoms with E-state index in [-0.39, 0.29) is 5.82 Å². The van der Waals surface area contributed by atoms with E-state index in [2.05, 4.69) is 9.97 Å². The normalized spacial score (nSPS) is 13.6. The molecule has 0 aliphatic carbocycles. The van der Waals surface area contributed by atoms with Crippen LogP contribution in [0.2, 0.25) is 0 Å². The number of fused-ring (bicyclic) bond motifs is 2. The summed E-state index contributed by atoms with van der Waals surface area (Å²) in [5, 5.41) is 0. The number of aryl methyl sites for hydroxylation is 1. The molecular weight excluding hydrogens is 271 g/mol. The summed E-state index contributed by atoms with van der Waals surface area (Å²) in [6, 6.07) is 8.42. The van der Waals surface area contributed by atoms with Crippen LogP contribution in [0.5, 0.6) is 11.5 Å². The standard InChI is InChI=1S/C16H13FN2O2/c1-9-6-10(17)2-3-11(9)16-18-12-7-14-15(8-13(12)19-16)21-5-4-20-14/h2-3,6-8H,4-5H2,1H3,(H,18,19). The maximum absolute atomic E-state index is 13.2. The van der Waals surface area contributed by atoms with E-state index >= 15 is 0 Å². The average Bonchev–Trinajstić information content (AvgIpc) is 2.87. The van der Waals surface area contributed by atoms with Crippen LogP contribution in [0.4, 0.5) is 4.39 Å². The van der Waals surface area contributed by atoms with E-state index in [0.29, 0.717) is 24.8 Å². The molecule has 3 aromatic rings. The predicted octanol–water partition coefficient (Wildman–Crippen LogP) is 3.45. The minimum Gasteiger partial charge on any atom is -0.486 e. The Kier molecular flexibility index (Phi) is 2.60. The molecule has 1 N–H and O–H groups in total. The van der Waals surface area contributed by atoms with Crippen molar-refractivity contribution in [2.24, 2.45) is 0 Å². The van der Waals surface area contributed by atoms with Gasteiger partial charge >= 0.3 is 0 Å². The third-order valence-corrected chi connectivity index (χ3v) is 3.59. The number of imidazole rings is 1. The minimum atomic E-state index is -0.246. The van der Waals surface area contributed by atoms with Gasteiger partial charge in [0.25, 0.3) is 0 Å². The highest BCUT2D eigenvalue weighted by Crippen LogP contribution is 2.35. The molecule has 0 atom stereocenters. The van der Waals surface area contributed by atoms with Crippen LogP contribution in [-0.4, -0.2) is 23.2 Å². The Morgan fingerprint density at radius 2 is 1.86 bits per heavy atom. The van der Waals surface area contributed by atoms with Crippen molar-refractivity contribution in [2.45, 2.75) is 6.92 Å². The highest BCUT2D eigenvalue weighted by atomic mass is 19.1. The molecule has 1 aromatic heterocycles. The third kappa shape index (κ3) is 2.01. The van der Waals surface area contributed by atoms with Gasteiger partial charge in [0.15, 0.2) is 11.5 Å². The number of nitrogens with one attached hydrogen (secondary N) is 1. The lowest BCUT2D eigenvalue weighted by Gasteiger charge is -2.17. The largest absolute Gasteiger partial charge is 0.486 e. The number of halogens is 1. The molecule has 4 nitrogen and oxygen atoms in total. The number of H-pyrrole nitrogens is 1. The van der Waals surface area contributed by atoms with Gasteiger partial charge in [-0.15, -0.1) is 0 Å². The molecule has 0 amide bonds. The molecule has 5 heteroatoms. The Hall–Kier alpha value is -2.56. The average molecular weight is 284 g/mol. The van der Waals surface area contributed by atoms with Gasteiger partial charge in [0.2, 0.25) is 0 Å². The van der Waals surface area contributed by atoms with Gasteiger partial charge in [-0.2, -0.15) is 0 Å². The van der Waals surface area contributed by atoms with Gasteiger partial charge in [-0.05, 0) is 30.7 Å². The molecule has 0 fully saturated rings. The first-order valence-corrected chi connectivity index (χ1v) is 6.76. The van der Waals surface area contributed by atoms with Gasteiger partial charge in [-0.3, -0.25) is 0 Å². The molecule has 2 heterocycles. The first kappa shape index (κ1) is 12.2. The topological polar surface area (TPSA) is 47.1 Å². The van der Waals surface area contributed by atoms with Crippen molar-refractivity contribution in [1.29, 1.82) is 0 Å². The molecule has 0 bridgehead atoms. The Balaban J connectivity index is 1.86. The molecule has 0 radical (unpaired) electrons. The molecule has 0 saturated carbocycles. The van der Waals surface area contributed by atoms with E-state index in [1.807, 2.05) is 19.1 Å². The SMILES string of the molecule is Cc1cc(F)ccc1-c1nc2cc3c(cc2[nH]1)OCCO3. The number of hydrogen-bond acceptors (Lipinski definition) is 3. The number of benzene rings is 2. The highest BCUT2D eigenvalue weighted by molar-refractivity contribution is 5.83. The van der Waals surface area contributed by atoms with Crippen molar-refractivity contribution >= 4 is 11.0 Å². The zero-order valence-corrected chi connectivity index (χ0v) is 11.4. The summed E-state index contributed by atoms with van der Waals surface area (Å²) in [7, 11) is 0. The molecular formula is C16H13FN2O2. The molecule has 0 spiro atoms. The Morgan fingerprint density at radius 1 is 1.10 bits per heavy atom. The summed E-state index contributed by atoms with van der Waals surface area (Å²) in [6.07, 6.45) is 0. The van der Waals surface area contributed by atoms with Crippen molar-refractivity contribution in [3.8, 4) is 22.9 Å². The lowest BCUT2D eigenvalue weighted by molar-refractivity contribution is 0.172. The number of nitrogens with zero attached hydrogens (tertiary/aromatic N) is 1. The maximum Gasteiger partial charge on any atom is 0.163 e. The van der Waals surface area contributed by atoms with Crippen LogP contribution in [0.15, 0.2) is 30.3 Å². The smallest absolute Gasteiger partial charge is 0.163 e. The minimum absolute atomic E-state index is 0.246. The Labute approximate surface area is 120 Å². The van der Waals surface area contributed by atoms with Crippen molar-refractivity contribution < 1.29 is 13.9 Å². The second kappa shape index (κ2) is 4.48. The van der Waals surface area contributed by atoms with E-state index < -0.39 is 0 Å². The molecule has 106 valence electrons. The van der Waals surface area contributed by atoms with Crippen molar-refractivity contribution in [3.63, 3.8) is 0 Å². The maximum atomic E-state index is 13.2. The van der Waals surface area contributed by atoms with Crippen LogP contribution in [0.25, 0.3) is 22.4 Å². The van der Waals surface area contributed by atoms with Crippen LogP contribution in [0.1, 0.15) is 5.56 Å². The fourth-order valence-corrected chi connectivity index (χ4v) is 2.57. The van der Waals surface area contributed by atoms with Gasteiger partial charge in [0.1, 0.15) is 24.9 Å². The van der Waals surface area contributed by atoms with Gasteiger partial charge in [-0.1, -0.05) is 0 Å². The third-order valence-electron chi connectivity index (χ3n) is 3.59. The Morgan fingerprint density at radius 3 is 2.62 bits per heavy atom. The number of ether oxygens (including phenoxy) is 2. The lowest BCUT2D eigenvalue weighted by Crippen LogP contribution is -2.15. The first-order chi connectivity index (χ1) is 10.2. The Bertz CT molecular complexity index is 799.